The summed E-state index contributed by atoms with van der Waals surface area (Å²) in [6.45, 7) is 5.87. The Kier molecular flexibility index (Phi) is 19.7. The number of aliphatic hydroxyl groups excluding tert-OH is 3. The largest absolute Gasteiger partial charge is 0.481 e. The second-order valence-corrected chi connectivity index (χ2v) is 5.68. The summed E-state index contributed by atoms with van der Waals surface area (Å²) in [7, 11) is 0. The van der Waals surface area contributed by atoms with Crippen LogP contribution in [0.5, 0.6) is 0 Å². The van der Waals surface area contributed by atoms with E-state index >= 15 is 0 Å². The van der Waals surface area contributed by atoms with Crippen molar-refractivity contribution >= 4 is 23.9 Å². The molecule has 166 valence electrons. The number of carboxylic acids is 1. The van der Waals surface area contributed by atoms with Crippen LogP contribution in [0.25, 0.3) is 0 Å². The van der Waals surface area contributed by atoms with Crippen LogP contribution in [0.2, 0.25) is 0 Å². The summed E-state index contributed by atoms with van der Waals surface area (Å²) >= 11 is 0. The molecule has 0 aliphatic rings. The van der Waals surface area contributed by atoms with E-state index in [1.165, 1.54) is 20.8 Å². The highest BCUT2D eigenvalue weighted by Gasteiger charge is 2.24. The molecule has 0 aromatic rings. The van der Waals surface area contributed by atoms with Gasteiger partial charge in [0.05, 0.1) is 19.8 Å². The van der Waals surface area contributed by atoms with Crippen molar-refractivity contribution in [3.05, 3.63) is 0 Å². The first-order valence-corrected chi connectivity index (χ1v) is 8.35. The Morgan fingerprint density at radius 2 is 1.11 bits per heavy atom. The summed E-state index contributed by atoms with van der Waals surface area (Å²) in [4.78, 5) is 40.6. The average molecular weight is 412 g/mol. The number of ether oxygens (including phenoxy) is 3. The minimum absolute atomic E-state index is 0.123. The van der Waals surface area contributed by atoms with Crippen LogP contribution in [-0.4, -0.2) is 83.4 Å². The maximum Gasteiger partial charge on any atom is 0.303 e. The van der Waals surface area contributed by atoms with E-state index in [-0.39, 0.29) is 33.0 Å². The fraction of sp³-hybridized carbons (Fsp3) is 0.765. The Labute approximate surface area is 164 Å². The summed E-state index contributed by atoms with van der Waals surface area (Å²) in [6, 6.07) is 0. The van der Waals surface area contributed by atoms with Gasteiger partial charge in [0.25, 0.3) is 5.97 Å². The molecule has 0 amide bonds. The summed E-state index contributed by atoms with van der Waals surface area (Å²) in [5.74, 6) is -2.34. The van der Waals surface area contributed by atoms with Crippen molar-refractivity contribution in [3.8, 4) is 0 Å². The normalized spacial score (nSPS) is 9.89. The number of carbonyl (C=O) groups excluding carboxylic acids is 3. The van der Waals surface area contributed by atoms with Crippen molar-refractivity contribution in [2.45, 2.75) is 47.1 Å². The average Bonchev–Trinajstić information content (AvgIpc) is 2.59. The maximum absolute atomic E-state index is 10.6. The highest BCUT2D eigenvalue weighted by atomic mass is 16.6. The van der Waals surface area contributed by atoms with E-state index < -0.39 is 35.4 Å². The van der Waals surface area contributed by atoms with E-state index in [1.54, 1.807) is 0 Å². The van der Waals surface area contributed by atoms with Gasteiger partial charge in [0.2, 0.25) is 0 Å². The zero-order valence-corrected chi connectivity index (χ0v) is 17.0. The van der Waals surface area contributed by atoms with Gasteiger partial charge in [-0.15, -0.1) is 0 Å². The van der Waals surface area contributed by atoms with E-state index in [0.29, 0.717) is 6.42 Å². The van der Waals surface area contributed by atoms with Crippen molar-refractivity contribution in [1.29, 1.82) is 0 Å². The third kappa shape index (κ3) is 21.8. The van der Waals surface area contributed by atoms with Crippen LogP contribution in [0.3, 0.4) is 0 Å². The molecule has 0 bridgehead atoms. The van der Waals surface area contributed by atoms with Gasteiger partial charge >= 0.3 is 17.9 Å². The first-order valence-electron chi connectivity index (χ1n) is 8.35. The van der Waals surface area contributed by atoms with Crippen molar-refractivity contribution < 1.29 is 53.8 Å². The summed E-state index contributed by atoms with van der Waals surface area (Å²) in [6.07, 6.45) is -0.161. The first-order chi connectivity index (χ1) is 12.9. The topological polar surface area (TPSA) is 177 Å². The van der Waals surface area contributed by atoms with Crippen molar-refractivity contribution in [2.24, 2.45) is 5.41 Å². The molecular weight excluding hydrogens is 380 g/mol. The molecule has 0 aliphatic carbocycles. The lowest BCUT2D eigenvalue weighted by atomic mass is 9.88. The lowest BCUT2D eigenvalue weighted by molar-refractivity contribution is -0.163. The standard InChI is InChI=1S/C9H14O6.C6H14O3.C2H4O2/c1-6(10)13-4-9(15-8(3)12)5-14-7(2)11;1-2-6(3-7,4-8)5-9;1-2(3)4/h9H,4-5H2,1-3H3;7-9H,2-5H2,1H3;1H3,(H,3,4). The van der Waals surface area contributed by atoms with Gasteiger partial charge in [0.1, 0.15) is 13.2 Å². The highest BCUT2D eigenvalue weighted by molar-refractivity contribution is 5.67. The molecule has 0 aromatic heterocycles. The molecule has 11 heteroatoms. The molecule has 0 spiro atoms. The first kappa shape index (κ1) is 30.5. The van der Waals surface area contributed by atoms with Crippen LogP contribution in [0.1, 0.15) is 41.0 Å². The van der Waals surface area contributed by atoms with E-state index in [0.717, 1.165) is 6.92 Å². The number of carbonyl (C=O) groups is 4. The van der Waals surface area contributed by atoms with Gasteiger partial charge in [-0.3, -0.25) is 19.2 Å². The van der Waals surface area contributed by atoms with Gasteiger partial charge in [0.15, 0.2) is 6.10 Å². The second kappa shape index (κ2) is 18.1. The van der Waals surface area contributed by atoms with E-state index in [9.17, 15) is 14.4 Å². The van der Waals surface area contributed by atoms with Crippen LogP contribution >= 0.6 is 0 Å². The van der Waals surface area contributed by atoms with Gasteiger partial charge in [0, 0.05) is 33.1 Å². The fourth-order valence-corrected chi connectivity index (χ4v) is 1.26. The van der Waals surface area contributed by atoms with E-state index in [4.69, 9.17) is 30.0 Å². The summed E-state index contributed by atoms with van der Waals surface area (Å²) in [5.41, 5.74) is -0.667. The monoisotopic (exact) mass is 412 g/mol. The Hall–Kier alpha value is -2.24. The Bertz CT molecular complexity index is 419. The van der Waals surface area contributed by atoms with Crippen molar-refractivity contribution in [2.75, 3.05) is 33.0 Å². The number of hydrogen-bond acceptors (Lipinski definition) is 10. The van der Waals surface area contributed by atoms with Crippen LogP contribution in [0.15, 0.2) is 0 Å². The summed E-state index contributed by atoms with van der Waals surface area (Å²) < 4.78 is 14.0. The molecule has 0 saturated carbocycles. The quantitative estimate of drug-likeness (QED) is 0.283. The Morgan fingerprint density at radius 3 is 1.25 bits per heavy atom. The molecule has 11 nitrogen and oxygen atoms in total. The number of carboxylic acid groups (broad SMARTS) is 1. The molecular formula is C17H32O11. The molecule has 28 heavy (non-hydrogen) atoms. The maximum atomic E-state index is 10.6. The smallest absolute Gasteiger partial charge is 0.303 e. The lowest BCUT2D eigenvalue weighted by Gasteiger charge is -2.24. The Morgan fingerprint density at radius 1 is 0.786 bits per heavy atom. The zero-order valence-electron chi connectivity index (χ0n) is 17.0. The van der Waals surface area contributed by atoms with Gasteiger partial charge in [-0.25, -0.2) is 0 Å². The number of aliphatic carboxylic acids is 1. The molecule has 0 rings (SSSR count). The minimum atomic E-state index is -0.833. The molecule has 0 aliphatic heterocycles. The third-order valence-corrected chi connectivity index (χ3v) is 3.03. The number of rotatable bonds is 9. The van der Waals surface area contributed by atoms with Crippen LogP contribution < -0.4 is 0 Å². The highest BCUT2D eigenvalue weighted by Crippen LogP contribution is 2.18. The molecule has 0 unspecified atom stereocenters. The van der Waals surface area contributed by atoms with Gasteiger partial charge < -0.3 is 34.6 Å². The molecule has 0 atom stereocenters. The number of hydrogen-bond donors (Lipinski definition) is 4. The van der Waals surface area contributed by atoms with Gasteiger partial charge in [-0.2, -0.15) is 0 Å². The zero-order chi connectivity index (χ0) is 22.8. The second-order valence-electron chi connectivity index (χ2n) is 5.68. The molecule has 0 radical (unpaired) electrons. The summed E-state index contributed by atoms with van der Waals surface area (Å²) in [5, 5.41) is 33.4. The lowest BCUT2D eigenvalue weighted by Crippen LogP contribution is -2.32. The predicted octanol–water partition coefficient (Wildman–Crippen LogP) is -0.505. The van der Waals surface area contributed by atoms with Crippen LogP contribution in [0.4, 0.5) is 0 Å². The predicted molar refractivity (Wildman–Crippen MR) is 96.1 cm³/mol. The molecule has 0 aromatic carbocycles. The fourth-order valence-electron chi connectivity index (χ4n) is 1.26. The van der Waals surface area contributed by atoms with Crippen LogP contribution in [-0.2, 0) is 33.4 Å². The Balaban J connectivity index is -0.000000406. The molecule has 0 saturated heterocycles. The molecule has 0 heterocycles. The SMILES string of the molecule is CC(=O)O.CC(=O)OCC(COC(C)=O)OC(C)=O.CCC(CO)(CO)CO. The van der Waals surface area contributed by atoms with Gasteiger partial charge in [-0.05, 0) is 6.42 Å². The van der Waals surface area contributed by atoms with E-state index in [2.05, 4.69) is 9.47 Å². The molecule has 4 N–H and O–H groups in total. The molecule has 0 fully saturated rings. The van der Waals surface area contributed by atoms with Crippen LogP contribution in [0, 0.1) is 5.41 Å². The van der Waals surface area contributed by atoms with Crippen molar-refractivity contribution in [1.82, 2.24) is 0 Å². The van der Waals surface area contributed by atoms with Crippen molar-refractivity contribution in [3.63, 3.8) is 0 Å². The van der Waals surface area contributed by atoms with Gasteiger partial charge in [-0.1, -0.05) is 6.92 Å². The number of esters is 3. The number of aliphatic hydroxyl groups is 3. The third-order valence-electron chi connectivity index (χ3n) is 3.03. The van der Waals surface area contributed by atoms with E-state index in [1.807, 2.05) is 6.92 Å². The minimum Gasteiger partial charge on any atom is -0.481 e.